The molecule has 1 aliphatic heterocycles. The molecule has 0 saturated carbocycles. The van der Waals surface area contributed by atoms with Crippen molar-refractivity contribution in [3.8, 4) is 0 Å². The van der Waals surface area contributed by atoms with Crippen LogP contribution >= 0.6 is 11.3 Å². The smallest absolute Gasteiger partial charge is 0.357 e. The molecule has 0 aromatic carbocycles. The maximum absolute atomic E-state index is 12.2. The maximum Gasteiger partial charge on any atom is 0.357 e. The minimum Gasteiger partial charge on any atom is -0.461 e. The van der Waals surface area contributed by atoms with Crippen molar-refractivity contribution < 1.29 is 14.3 Å². The van der Waals surface area contributed by atoms with Crippen LogP contribution in [-0.4, -0.2) is 54.0 Å². The van der Waals surface area contributed by atoms with Crippen molar-refractivity contribution in [2.24, 2.45) is 0 Å². The van der Waals surface area contributed by atoms with Crippen molar-refractivity contribution in [3.05, 3.63) is 11.1 Å². The van der Waals surface area contributed by atoms with Crippen molar-refractivity contribution in [3.63, 3.8) is 0 Å². The predicted molar refractivity (Wildman–Crippen MR) is 77.1 cm³/mol. The number of rotatable bonds is 3. The van der Waals surface area contributed by atoms with Crippen LogP contribution in [0.15, 0.2) is 5.38 Å². The molecule has 110 valence electrons. The maximum atomic E-state index is 12.2. The van der Waals surface area contributed by atoms with Crippen LogP contribution in [0.1, 0.15) is 31.3 Å². The van der Waals surface area contributed by atoms with E-state index in [1.54, 1.807) is 24.3 Å². The first-order valence-electron chi connectivity index (χ1n) is 6.53. The van der Waals surface area contributed by atoms with Crippen LogP contribution in [-0.2, 0) is 9.53 Å². The van der Waals surface area contributed by atoms with Crippen LogP contribution in [0.4, 0.5) is 5.13 Å². The standard InChI is InChI=1S/C13H19N3O3S/c1-5-19-10(17)9-8-20-12(14-9)16-7-6-15(4)11(18)13(16,2)3/h8H,5-7H2,1-4H3. The Kier molecular flexibility index (Phi) is 3.99. The summed E-state index contributed by atoms with van der Waals surface area (Å²) in [6.45, 7) is 7.17. The molecular formula is C13H19N3O3S. The Morgan fingerprint density at radius 3 is 2.85 bits per heavy atom. The molecule has 0 spiro atoms. The first kappa shape index (κ1) is 14.8. The fraction of sp³-hybridized carbons (Fsp3) is 0.615. The third-order valence-corrected chi connectivity index (χ3v) is 4.28. The highest BCUT2D eigenvalue weighted by Crippen LogP contribution is 2.31. The highest BCUT2D eigenvalue weighted by Gasteiger charge is 2.41. The summed E-state index contributed by atoms with van der Waals surface area (Å²) < 4.78 is 4.93. The summed E-state index contributed by atoms with van der Waals surface area (Å²) in [7, 11) is 1.80. The first-order valence-corrected chi connectivity index (χ1v) is 7.41. The van der Waals surface area contributed by atoms with Gasteiger partial charge in [0.25, 0.3) is 0 Å². The Bertz CT molecular complexity index is 527. The zero-order chi connectivity index (χ0) is 14.9. The lowest BCUT2D eigenvalue weighted by Gasteiger charge is -2.44. The normalized spacial score (nSPS) is 18.3. The number of nitrogens with zero attached hydrogens (tertiary/aromatic N) is 3. The van der Waals surface area contributed by atoms with Crippen molar-refractivity contribution >= 4 is 28.3 Å². The number of carbonyl (C=O) groups excluding carboxylic acids is 2. The van der Waals surface area contributed by atoms with Crippen LogP contribution in [0.3, 0.4) is 0 Å². The Balaban J connectivity index is 2.23. The van der Waals surface area contributed by atoms with E-state index in [0.29, 0.717) is 30.5 Å². The molecule has 20 heavy (non-hydrogen) atoms. The van der Waals surface area contributed by atoms with Gasteiger partial charge in [0.2, 0.25) is 5.91 Å². The van der Waals surface area contributed by atoms with Gasteiger partial charge in [-0.15, -0.1) is 11.3 Å². The highest BCUT2D eigenvalue weighted by molar-refractivity contribution is 7.14. The number of hydrogen-bond donors (Lipinski definition) is 0. The average Bonchev–Trinajstić information content (AvgIpc) is 2.86. The van der Waals surface area contributed by atoms with Crippen molar-refractivity contribution in [2.45, 2.75) is 26.3 Å². The summed E-state index contributed by atoms with van der Waals surface area (Å²) in [5, 5.41) is 2.35. The number of aromatic nitrogens is 1. The van der Waals surface area contributed by atoms with Crippen molar-refractivity contribution in [2.75, 3.05) is 31.6 Å². The quantitative estimate of drug-likeness (QED) is 0.789. The number of hydrogen-bond acceptors (Lipinski definition) is 6. The lowest BCUT2D eigenvalue weighted by atomic mass is 9.99. The molecule has 0 aliphatic carbocycles. The van der Waals surface area contributed by atoms with E-state index in [-0.39, 0.29) is 5.91 Å². The average molecular weight is 297 g/mol. The summed E-state index contributed by atoms with van der Waals surface area (Å²) in [6.07, 6.45) is 0. The van der Waals surface area contributed by atoms with E-state index < -0.39 is 11.5 Å². The molecule has 2 heterocycles. The molecule has 1 saturated heterocycles. The van der Waals surface area contributed by atoms with Gasteiger partial charge >= 0.3 is 5.97 Å². The van der Waals surface area contributed by atoms with E-state index in [1.165, 1.54) is 11.3 Å². The first-order chi connectivity index (χ1) is 9.37. The van der Waals surface area contributed by atoms with Gasteiger partial charge < -0.3 is 14.5 Å². The van der Waals surface area contributed by atoms with Gasteiger partial charge in [-0.25, -0.2) is 9.78 Å². The molecule has 0 radical (unpaired) electrons. The van der Waals surface area contributed by atoms with Crippen LogP contribution in [0.5, 0.6) is 0 Å². The SMILES string of the molecule is CCOC(=O)c1csc(N2CCN(C)C(=O)C2(C)C)n1. The summed E-state index contributed by atoms with van der Waals surface area (Å²) >= 11 is 1.36. The Labute approximate surface area is 122 Å². The van der Waals surface area contributed by atoms with Gasteiger partial charge in [-0.2, -0.15) is 0 Å². The molecule has 7 heteroatoms. The minimum atomic E-state index is -0.656. The van der Waals surface area contributed by atoms with Gasteiger partial charge in [-0.05, 0) is 20.8 Å². The van der Waals surface area contributed by atoms with E-state index in [0.717, 1.165) is 0 Å². The fourth-order valence-corrected chi connectivity index (χ4v) is 3.20. The van der Waals surface area contributed by atoms with Gasteiger partial charge in [-0.1, -0.05) is 0 Å². The molecule has 0 unspecified atom stereocenters. The molecular weight excluding hydrogens is 278 g/mol. The number of piperazine rings is 1. The number of likely N-dealkylation sites (N-methyl/N-ethyl adjacent to an activating group) is 1. The van der Waals surface area contributed by atoms with Crippen LogP contribution in [0.25, 0.3) is 0 Å². The molecule has 1 amide bonds. The molecule has 1 aromatic rings. The molecule has 1 aromatic heterocycles. The molecule has 0 atom stereocenters. The second-order valence-corrected chi connectivity index (χ2v) is 6.01. The molecule has 1 fully saturated rings. The summed E-state index contributed by atoms with van der Waals surface area (Å²) in [5.74, 6) is -0.370. The van der Waals surface area contributed by atoms with Crippen molar-refractivity contribution in [1.29, 1.82) is 0 Å². The topological polar surface area (TPSA) is 62.7 Å². The summed E-state index contributed by atoms with van der Waals surface area (Å²) in [5.41, 5.74) is -0.356. The highest BCUT2D eigenvalue weighted by atomic mass is 32.1. The van der Waals surface area contributed by atoms with Crippen LogP contribution < -0.4 is 4.90 Å². The minimum absolute atomic E-state index is 0.0524. The zero-order valence-corrected chi connectivity index (χ0v) is 13.0. The second-order valence-electron chi connectivity index (χ2n) is 5.17. The second kappa shape index (κ2) is 5.40. The van der Waals surface area contributed by atoms with Gasteiger partial charge in [0.1, 0.15) is 5.54 Å². The van der Waals surface area contributed by atoms with Crippen LogP contribution in [0.2, 0.25) is 0 Å². The Morgan fingerprint density at radius 1 is 1.50 bits per heavy atom. The van der Waals surface area contributed by atoms with Gasteiger partial charge in [0.05, 0.1) is 6.61 Å². The monoisotopic (exact) mass is 297 g/mol. The van der Waals surface area contributed by atoms with Crippen LogP contribution in [0, 0.1) is 0 Å². The summed E-state index contributed by atoms with van der Waals surface area (Å²) in [4.78, 5) is 31.9. The Morgan fingerprint density at radius 2 is 2.20 bits per heavy atom. The number of anilines is 1. The largest absolute Gasteiger partial charge is 0.461 e. The third-order valence-electron chi connectivity index (χ3n) is 3.41. The van der Waals surface area contributed by atoms with E-state index in [1.807, 2.05) is 18.7 Å². The van der Waals surface area contributed by atoms with E-state index in [4.69, 9.17) is 4.74 Å². The molecule has 1 aliphatic rings. The fourth-order valence-electron chi connectivity index (χ4n) is 2.24. The number of amides is 1. The van der Waals surface area contributed by atoms with Gasteiger partial charge in [0.15, 0.2) is 10.8 Å². The number of esters is 1. The lowest BCUT2D eigenvalue weighted by Crippen LogP contribution is -2.62. The Hall–Kier alpha value is -1.63. The zero-order valence-electron chi connectivity index (χ0n) is 12.2. The molecule has 0 bridgehead atoms. The molecule has 0 N–H and O–H groups in total. The number of carbonyl (C=O) groups is 2. The molecule has 2 rings (SSSR count). The number of thiazole rings is 1. The third kappa shape index (κ3) is 2.49. The van der Waals surface area contributed by atoms with Crippen molar-refractivity contribution in [1.82, 2.24) is 9.88 Å². The van der Waals surface area contributed by atoms with E-state index >= 15 is 0 Å². The van der Waals surface area contributed by atoms with Gasteiger partial charge in [-0.3, -0.25) is 4.79 Å². The molecule has 6 nitrogen and oxygen atoms in total. The lowest BCUT2D eigenvalue weighted by molar-refractivity contribution is -0.136. The van der Waals surface area contributed by atoms with E-state index in [2.05, 4.69) is 4.98 Å². The summed E-state index contributed by atoms with van der Waals surface area (Å²) in [6, 6.07) is 0. The van der Waals surface area contributed by atoms with E-state index in [9.17, 15) is 9.59 Å². The van der Waals surface area contributed by atoms with Gasteiger partial charge in [0, 0.05) is 25.5 Å². The number of ether oxygens (including phenoxy) is 1. The predicted octanol–water partition coefficient (Wildman–Crippen LogP) is 1.38.